The van der Waals surface area contributed by atoms with E-state index in [1.54, 1.807) is 21.0 Å². The lowest BCUT2D eigenvalue weighted by Gasteiger charge is -2.36. The number of benzene rings is 3. The van der Waals surface area contributed by atoms with Crippen LogP contribution in [0.2, 0.25) is 18.1 Å². The zero-order valence-electron chi connectivity index (χ0n) is 35.8. The molecule has 0 aromatic heterocycles. The van der Waals surface area contributed by atoms with Crippen LogP contribution in [0.3, 0.4) is 0 Å². The highest BCUT2D eigenvalue weighted by atomic mass is 28.4. The quantitative estimate of drug-likeness (QED) is 0.0584. The smallest absolute Gasteiger partial charge is 0.305 e. The molecule has 3 aromatic rings. The summed E-state index contributed by atoms with van der Waals surface area (Å²) in [7, 11) is 0.754. The molecule has 0 radical (unpaired) electrons. The van der Waals surface area contributed by atoms with E-state index in [1.807, 2.05) is 48.5 Å². The number of unbranched alkanes of at least 4 members (excludes halogenated alkanes) is 1. The summed E-state index contributed by atoms with van der Waals surface area (Å²) in [4.78, 5) is 52.2. The number of amides is 3. The van der Waals surface area contributed by atoms with Crippen LogP contribution in [0.25, 0.3) is 0 Å². The zero-order valence-corrected chi connectivity index (χ0v) is 36.8. The van der Waals surface area contributed by atoms with Gasteiger partial charge in [0.05, 0.1) is 26.9 Å². The molecule has 14 nitrogen and oxygen atoms in total. The van der Waals surface area contributed by atoms with Crippen molar-refractivity contribution in [1.29, 1.82) is 0 Å². The number of aliphatic hydroxyl groups excluding tert-OH is 1. The Labute approximate surface area is 348 Å². The van der Waals surface area contributed by atoms with Crippen LogP contribution in [0.5, 0.6) is 11.5 Å². The summed E-state index contributed by atoms with van der Waals surface area (Å²) in [5.74, 6) is -0.673. The van der Waals surface area contributed by atoms with Crippen molar-refractivity contribution in [3.8, 4) is 11.5 Å². The van der Waals surface area contributed by atoms with E-state index < -0.39 is 38.4 Å². The van der Waals surface area contributed by atoms with Crippen LogP contribution in [-0.4, -0.2) is 76.0 Å². The van der Waals surface area contributed by atoms with Crippen molar-refractivity contribution in [2.45, 2.75) is 122 Å². The first-order chi connectivity index (χ1) is 27.9. The molecule has 0 fully saturated rings. The van der Waals surface area contributed by atoms with E-state index in [2.05, 4.69) is 70.8 Å². The molecule has 2 heterocycles. The van der Waals surface area contributed by atoms with Crippen molar-refractivity contribution in [2.24, 2.45) is 0 Å². The second kappa shape index (κ2) is 19.3. The lowest BCUT2D eigenvalue weighted by Crippen LogP contribution is -2.50. The molecule has 2 aliphatic rings. The molecule has 0 aliphatic carbocycles. The first-order valence-electron chi connectivity index (χ1n) is 20.3. The molecular formula is C44H61N5O9Si. The largest absolute Gasteiger partial charge is 0.493 e. The van der Waals surface area contributed by atoms with E-state index in [9.17, 15) is 24.3 Å². The average molecular weight is 832 g/mol. The van der Waals surface area contributed by atoms with Crippen LogP contribution in [-0.2, 0) is 48.0 Å². The predicted octanol–water partition coefficient (Wildman–Crippen LogP) is 6.33. The topological polar surface area (TPSA) is 177 Å². The highest BCUT2D eigenvalue weighted by Crippen LogP contribution is 2.45. The summed E-state index contributed by atoms with van der Waals surface area (Å²) in [5.41, 5.74) is 5.77. The minimum absolute atomic E-state index is 0.0118. The van der Waals surface area contributed by atoms with Crippen LogP contribution in [0.1, 0.15) is 88.8 Å². The van der Waals surface area contributed by atoms with Crippen molar-refractivity contribution in [3.05, 3.63) is 76.9 Å². The number of fused-ring (bicyclic) bond motifs is 4. The Morgan fingerprint density at radius 1 is 0.898 bits per heavy atom. The third-order valence-electron chi connectivity index (χ3n) is 11.4. The highest BCUT2D eigenvalue weighted by molar-refractivity contribution is 6.74. The lowest BCUT2D eigenvalue weighted by atomic mass is 10.1. The Balaban J connectivity index is 1.28. The van der Waals surface area contributed by atoms with Crippen LogP contribution in [0.15, 0.2) is 54.6 Å². The molecule has 5 rings (SSSR count). The number of nitrogens with zero attached hydrogens (tertiary/aromatic N) is 1. The molecule has 0 bridgehead atoms. The average Bonchev–Trinajstić information content (AvgIpc) is 3.51. The van der Waals surface area contributed by atoms with E-state index >= 15 is 0 Å². The summed E-state index contributed by atoms with van der Waals surface area (Å²) >= 11 is 0. The molecule has 0 spiro atoms. The number of nitrogens with one attached hydrogen (secondary N) is 4. The van der Waals surface area contributed by atoms with Gasteiger partial charge in [0, 0.05) is 48.1 Å². The minimum atomic E-state index is -2.13. The third-order valence-corrected chi connectivity index (χ3v) is 15.9. The number of hydrogen-bond donors (Lipinski definition) is 5. The van der Waals surface area contributed by atoms with Gasteiger partial charge in [0.25, 0.3) is 0 Å². The fraction of sp³-hybridized carbons (Fsp3) is 0.500. The summed E-state index contributed by atoms with van der Waals surface area (Å²) in [5, 5.41) is 23.5. The third kappa shape index (κ3) is 11.3. The van der Waals surface area contributed by atoms with Gasteiger partial charge in [-0.1, -0.05) is 39.0 Å². The van der Waals surface area contributed by atoms with Gasteiger partial charge >= 0.3 is 5.97 Å². The second-order valence-corrected chi connectivity index (χ2v) is 21.7. The number of hydrogen-bond acceptors (Lipinski definition) is 11. The number of carbonyl (C=O) groups is 4. The maximum atomic E-state index is 13.5. The van der Waals surface area contributed by atoms with Gasteiger partial charge in [0.15, 0.2) is 26.0 Å². The Morgan fingerprint density at radius 2 is 1.58 bits per heavy atom. The van der Waals surface area contributed by atoms with Crippen LogP contribution in [0.4, 0.5) is 17.1 Å². The molecule has 0 saturated carbocycles. The van der Waals surface area contributed by atoms with E-state index in [0.717, 1.165) is 28.9 Å². The lowest BCUT2D eigenvalue weighted by molar-refractivity contribution is -0.140. The van der Waals surface area contributed by atoms with Gasteiger partial charge in [0.2, 0.25) is 17.7 Å². The Hall–Kier alpha value is -5.12. The number of rotatable bonds is 17. The normalized spacial score (nSPS) is 16.9. The number of anilines is 3. The van der Waals surface area contributed by atoms with Gasteiger partial charge in [-0.3, -0.25) is 19.2 Å². The molecule has 15 heteroatoms. The van der Waals surface area contributed by atoms with Crippen LogP contribution < -0.4 is 35.6 Å². The maximum absolute atomic E-state index is 13.5. The molecule has 0 saturated heterocycles. The molecule has 59 heavy (non-hydrogen) atoms. The molecular weight excluding hydrogens is 771 g/mol. The summed E-state index contributed by atoms with van der Waals surface area (Å²) < 4.78 is 23.4. The molecule has 3 aromatic carbocycles. The highest BCUT2D eigenvalue weighted by Gasteiger charge is 2.38. The number of carbonyl (C=O) groups excluding carboxylic acids is 4. The number of ether oxygens (including phenoxy) is 3. The van der Waals surface area contributed by atoms with Gasteiger partial charge in [-0.2, -0.15) is 0 Å². The first-order valence-corrected chi connectivity index (χ1v) is 23.2. The van der Waals surface area contributed by atoms with E-state index in [0.29, 0.717) is 48.7 Å². The molecule has 320 valence electrons. The minimum Gasteiger partial charge on any atom is -0.493 e. The summed E-state index contributed by atoms with van der Waals surface area (Å²) in [6.07, 6.45) is 1.28. The molecule has 1 unspecified atom stereocenters. The van der Waals surface area contributed by atoms with Crippen LogP contribution in [0, 0.1) is 0 Å². The molecule has 3 amide bonds. The monoisotopic (exact) mass is 831 g/mol. The first kappa shape index (κ1) is 45.0. The second-order valence-electron chi connectivity index (χ2n) is 16.9. The van der Waals surface area contributed by atoms with E-state index in [1.165, 1.54) is 12.7 Å². The van der Waals surface area contributed by atoms with E-state index in [-0.39, 0.29) is 42.4 Å². The van der Waals surface area contributed by atoms with Gasteiger partial charge in [-0.05, 0) is 98.3 Å². The Kier molecular flexibility index (Phi) is 14.7. The fourth-order valence-electron chi connectivity index (χ4n) is 6.91. The molecule has 4 atom stereocenters. The van der Waals surface area contributed by atoms with Crippen molar-refractivity contribution < 1.29 is 42.9 Å². The number of esters is 1. The van der Waals surface area contributed by atoms with Crippen molar-refractivity contribution in [3.63, 3.8) is 0 Å². The van der Waals surface area contributed by atoms with Crippen molar-refractivity contribution in [2.75, 3.05) is 36.3 Å². The Morgan fingerprint density at radius 3 is 2.27 bits per heavy atom. The van der Waals surface area contributed by atoms with Gasteiger partial charge in [-0.15, -0.1) is 0 Å². The maximum Gasteiger partial charge on any atom is 0.305 e. The van der Waals surface area contributed by atoms with E-state index in [4.69, 9.17) is 13.9 Å². The van der Waals surface area contributed by atoms with Crippen molar-refractivity contribution >= 4 is 49.1 Å². The molecule has 2 aliphatic heterocycles. The van der Waals surface area contributed by atoms with Gasteiger partial charge in [0.1, 0.15) is 18.7 Å². The summed E-state index contributed by atoms with van der Waals surface area (Å²) in [6.45, 7) is 15.1. The standard InChI is InChI=1S/C44H61N5O9Si/c1-27(46-39(50)16-12-13-17-40(51)56-7)41(52)47-28(2)42(53)48-32-19-29(18-30(20-32)26-58-59(8,9)44(3,4)5)25-57-38-23-35-34(22-37(38)55-6)43(54)49-33(24-45-35)21-31-14-10-11-15-36(31)49/h10-11,14-15,18-20,22-23,27-28,33,43,45,54H,12-13,16-17,21,24-26H2,1-9H3,(H,46,50)(H,47,52)(H,48,53)/t27-,28-,33-,43?/m0/s1. The van der Waals surface area contributed by atoms with Crippen LogP contribution >= 0.6 is 0 Å². The number of methoxy groups -OCH3 is 2. The SMILES string of the molecule is COC(=O)CCCCC(=O)N[C@@H](C)C(=O)N[C@@H](C)C(=O)Nc1cc(COc2cc3c(cc2OC)C(O)N2c4ccccc4C[C@H]2CN3)cc(CO[Si](C)(C)C(C)(C)C)c1. The van der Waals surface area contributed by atoms with Gasteiger partial charge < -0.3 is 49.9 Å². The molecule has 5 N–H and O–H groups in total. The van der Waals surface area contributed by atoms with Crippen molar-refractivity contribution in [1.82, 2.24) is 10.6 Å². The number of para-hydroxylation sites is 1. The number of aliphatic hydroxyl groups is 1. The zero-order chi connectivity index (χ0) is 43.1. The predicted molar refractivity (Wildman–Crippen MR) is 230 cm³/mol. The Bertz CT molecular complexity index is 2000. The summed E-state index contributed by atoms with van der Waals surface area (Å²) in [6, 6.07) is 15.8. The fourth-order valence-corrected chi connectivity index (χ4v) is 7.87. The van der Waals surface area contributed by atoms with Gasteiger partial charge in [-0.25, -0.2) is 0 Å².